The van der Waals surface area contributed by atoms with Gasteiger partial charge in [-0.1, -0.05) is 6.07 Å². The first kappa shape index (κ1) is 16.4. The fourth-order valence-corrected chi connectivity index (χ4v) is 2.85. The second-order valence-corrected chi connectivity index (χ2v) is 6.10. The highest BCUT2D eigenvalue weighted by atomic mass is 32.1. The first-order valence-corrected chi connectivity index (χ1v) is 7.76. The molecule has 0 radical (unpaired) electrons. The van der Waals surface area contributed by atoms with Crippen LogP contribution in [0.4, 0.5) is 5.69 Å². The molecule has 0 aliphatic carbocycles. The second-order valence-electron chi connectivity index (χ2n) is 5.12. The lowest BCUT2D eigenvalue weighted by atomic mass is 10.1. The molecule has 0 saturated heterocycles. The van der Waals surface area contributed by atoms with Crippen LogP contribution in [0.2, 0.25) is 0 Å². The summed E-state index contributed by atoms with van der Waals surface area (Å²) in [6.07, 6.45) is -0.0165. The number of nitrogens with zero attached hydrogens (tertiary/aromatic N) is 1. The van der Waals surface area contributed by atoms with Crippen LogP contribution in [0.25, 0.3) is 0 Å². The average Bonchev–Trinajstić information content (AvgIpc) is 3.00. The minimum Gasteiger partial charge on any atom is -0.508 e. The normalized spacial score (nSPS) is 13.7. The molecular formula is C15H18N2O4S. The van der Waals surface area contributed by atoms with E-state index in [0.29, 0.717) is 18.5 Å². The lowest BCUT2D eigenvalue weighted by Crippen LogP contribution is -2.27. The van der Waals surface area contributed by atoms with Gasteiger partial charge in [0.2, 0.25) is 0 Å². The van der Waals surface area contributed by atoms with Crippen LogP contribution < -0.4 is 5.32 Å². The van der Waals surface area contributed by atoms with Crippen LogP contribution in [-0.2, 0) is 6.54 Å². The Morgan fingerprint density at radius 3 is 2.82 bits per heavy atom. The van der Waals surface area contributed by atoms with Crippen LogP contribution in [0.3, 0.4) is 0 Å². The summed E-state index contributed by atoms with van der Waals surface area (Å²) in [6.45, 7) is 2.22. The van der Waals surface area contributed by atoms with Crippen molar-refractivity contribution in [2.75, 3.05) is 0 Å². The molecule has 7 heteroatoms. The van der Waals surface area contributed by atoms with Crippen molar-refractivity contribution in [1.29, 1.82) is 0 Å². The van der Waals surface area contributed by atoms with Crippen LogP contribution in [0.5, 0.6) is 5.75 Å². The zero-order valence-corrected chi connectivity index (χ0v) is 12.9. The molecule has 0 aliphatic rings. The fourth-order valence-electron chi connectivity index (χ4n) is 2.13. The van der Waals surface area contributed by atoms with Gasteiger partial charge >= 0.3 is 0 Å². The van der Waals surface area contributed by atoms with Crippen molar-refractivity contribution in [3.05, 3.63) is 56.3 Å². The highest BCUT2D eigenvalue weighted by Gasteiger charge is 2.15. The van der Waals surface area contributed by atoms with Gasteiger partial charge in [0.1, 0.15) is 5.75 Å². The number of aromatic hydroxyl groups is 1. The van der Waals surface area contributed by atoms with Gasteiger partial charge in [0.05, 0.1) is 11.0 Å². The summed E-state index contributed by atoms with van der Waals surface area (Å²) in [5, 5.41) is 35.7. The number of hydrogen-bond donors (Lipinski definition) is 3. The van der Waals surface area contributed by atoms with E-state index in [9.17, 15) is 20.3 Å². The number of nitro benzene ring substituents is 1. The van der Waals surface area contributed by atoms with E-state index >= 15 is 0 Å². The van der Waals surface area contributed by atoms with E-state index < -0.39 is 11.0 Å². The maximum atomic E-state index is 10.8. The smallest absolute Gasteiger partial charge is 0.270 e. The number of phenolic OH excluding ortho intramolecular Hbond substituents is 1. The summed E-state index contributed by atoms with van der Waals surface area (Å²) in [7, 11) is 0. The lowest BCUT2D eigenvalue weighted by Gasteiger charge is -2.17. The first-order chi connectivity index (χ1) is 10.5. The molecule has 0 bridgehead atoms. The standard InChI is InChI=1S/C15H18N2O4S/c1-10(7-14(19)15-3-2-6-22-15)16-9-11-8-12(17(20)21)4-5-13(11)18/h2-6,8,10,14,16,18-19H,7,9H2,1H3. The summed E-state index contributed by atoms with van der Waals surface area (Å²) < 4.78 is 0. The number of aliphatic hydroxyl groups is 1. The average molecular weight is 322 g/mol. The monoisotopic (exact) mass is 322 g/mol. The molecule has 0 aliphatic heterocycles. The summed E-state index contributed by atoms with van der Waals surface area (Å²) in [6, 6.07) is 7.71. The molecular weight excluding hydrogens is 304 g/mol. The zero-order valence-electron chi connectivity index (χ0n) is 12.1. The van der Waals surface area contributed by atoms with Crippen LogP contribution in [0.15, 0.2) is 35.7 Å². The number of rotatable bonds is 7. The Bertz CT molecular complexity index is 630. The minimum absolute atomic E-state index is 0.00392. The zero-order chi connectivity index (χ0) is 16.1. The molecule has 22 heavy (non-hydrogen) atoms. The number of hydrogen-bond acceptors (Lipinski definition) is 6. The highest BCUT2D eigenvalue weighted by molar-refractivity contribution is 7.10. The molecule has 0 spiro atoms. The number of non-ortho nitro benzene ring substituents is 1. The van der Waals surface area contributed by atoms with Gasteiger partial charge in [-0.3, -0.25) is 10.1 Å². The van der Waals surface area contributed by atoms with Crippen LogP contribution >= 0.6 is 11.3 Å². The molecule has 3 N–H and O–H groups in total. The Morgan fingerprint density at radius 2 is 2.18 bits per heavy atom. The van der Waals surface area contributed by atoms with Gasteiger partial charge in [0, 0.05) is 35.2 Å². The topological polar surface area (TPSA) is 95.6 Å². The van der Waals surface area contributed by atoms with Crippen LogP contribution in [0, 0.1) is 10.1 Å². The van der Waals surface area contributed by atoms with Crippen molar-refractivity contribution >= 4 is 17.0 Å². The van der Waals surface area contributed by atoms with Gasteiger partial charge in [0.25, 0.3) is 5.69 Å². The molecule has 0 fully saturated rings. The summed E-state index contributed by atoms with van der Waals surface area (Å²) in [4.78, 5) is 11.2. The van der Waals surface area contributed by atoms with Crippen molar-refractivity contribution < 1.29 is 15.1 Å². The van der Waals surface area contributed by atoms with Crippen molar-refractivity contribution in [3.8, 4) is 5.75 Å². The van der Waals surface area contributed by atoms with E-state index in [1.165, 1.54) is 29.5 Å². The van der Waals surface area contributed by atoms with Gasteiger partial charge in [-0.05, 0) is 30.9 Å². The van der Waals surface area contributed by atoms with Crippen molar-refractivity contribution in [2.45, 2.75) is 32.0 Å². The van der Waals surface area contributed by atoms with Gasteiger partial charge in [-0.15, -0.1) is 11.3 Å². The van der Waals surface area contributed by atoms with E-state index in [1.54, 1.807) is 0 Å². The predicted octanol–water partition coefficient (Wildman–Crippen LogP) is 2.96. The maximum absolute atomic E-state index is 10.8. The highest BCUT2D eigenvalue weighted by Crippen LogP contribution is 2.25. The Kier molecular flexibility index (Phi) is 5.48. The molecule has 2 rings (SSSR count). The lowest BCUT2D eigenvalue weighted by molar-refractivity contribution is -0.384. The van der Waals surface area contributed by atoms with Gasteiger partial charge in [-0.2, -0.15) is 0 Å². The first-order valence-electron chi connectivity index (χ1n) is 6.88. The molecule has 0 saturated carbocycles. The predicted molar refractivity (Wildman–Crippen MR) is 85.0 cm³/mol. The van der Waals surface area contributed by atoms with E-state index in [1.807, 2.05) is 24.4 Å². The van der Waals surface area contributed by atoms with Crippen molar-refractivity contribution in [1.82, 2.24) is 5.32 Å². The third-order valence-electron chi connectivity index (χ3n) is 3.36. The van der Waals surface area contributed by atoms with Crippen molar-refractivity contribution in [3.63, 3.8) is 0 Å². The van der Waals surface area contributed by atoms with Crippen LogP contribution in [0.1, 0.15) is 29.9 Å². The second kappa shape index (κ2) is 7.35. The van der Waals surface area contributed by atoms with Gasteiger partial charge in [-0.25, -0.2) is 0 Å². The molecule has 0 amide bonds. The molecule has 118 valence electrons. The summed E-state index contributed by atoms with van der Waals surface area (Å²) in [5.74, 6) is 0.0177. The molecule has 2 aromatic rings. The molecule has 6 nitrogen and oxygen atoms in total. The molecule has 2 unspecified atom stereocenters. The number of benzene rings is 1. The number of aliphatic hydroxyl groups excluding tert-OH is 1. The molecule has 1 aromatic carbocycles. The quantitative estimate of drug-likeness (QED) is 0.538. The Labute approximate surface area is 132 Å². The maximum Gasteiger partial charge on any atom is 0.270 e. The molecule has 1 aromatic heterocycles. The fraction of sp³-hybridized carbons (Fsp3) is 0.333. The summed E-state index contributed by atoms with van der Waals surface area (Å²) in [5.41, 5.74) is 0.410. The number of nitro groups is 1. The van der Waals surface area contributed by atoms with Gasteiger partial charge in [0.15, 0.2) is 0 Å². The Balaban J connectivity index is 1.92. The Hall–Kier alpha value is -1.96. The third-order valence-corrected chi connectivity index (χ3v) is 4.34. The largest absolute Gasteiger partial charge is 0.508 e. The minimum atomic E-state index is -0.541. The van der Waals surface area contributed by atoms with Crippen LogP contribution in [-0.4, -0.2) is 21.2 Å². The number of nitrogens with one attached hydrogen (secondary N) is 1. The van der Waals surface area contributed by atoms with E-state index in [0.717, 1.165) is 4.88 Å². The number of phenols is 1. The molecule has 1 heterocycles. The van der Waals surface area contributed by atoms with Crippen molar-refractivity contribution in [2.24, 2.45) is 0 Å². The Morgan fingerprint density at radius 1 is 1.41 bits per heavy atom. The SMILES string of the molecule is CC(CC(O)c1cccs1)NCc1cc([N+](=O)[O-])ccc1O. The molecule has 2 atom stereocenters. The van der Waals surface area contributed by atoms with E-state index in [-0.39, 0.29) is 17.5 Å². The van der Waals surface area contributed by atoms with E-state index in [4.69, 9.17) is 0 Å². The third kappa shape index (κ3) is 4.27. The van der Waals surface area contributed by atoms with E-state index in [2.05, 4.69) is 5.32 Å². The summed E-state index contributed by atoms with van der Waals surface area (Å²) >= 11 is 1.50. The number of thiophene rings is 1. The van der Waals surface area contributed by atoms with Gasteiger partial charge < -0.3 is 15.5 Å².